The minimum absolute atomic E-state index is 0.0810. The Morgan fingerprint density at radius 2 is 2.12 bits per heavy atom. The molecule has 2 rings (SSSR count). The number of hydrogen-bond acceptors (Lipinski definition) is 6. The monoisotopic (exact) mass is 365 g/mol. The number of thioether (sulfide) groups is 1. The van der Waals surface area contributed by atoms with Gasteiger partial charge in [-0.3, -0.25) is 10.1 Å². The van der Waals surface area contributed by atoms with E-state index < -0.39 is 6.03 Å². The first-order valence-corrected chi connectivity index (χ1v) is 9.09. The summed E-state index contributed by atoms with van der Waals surface area (Å²) in [5.74, 6) is 1.49. The number of aromatic nitrogens is 3. The fraction of sp³-hybridized carbons (Fsp3) is 0.500. The Balaban J connectivity index is 1.95. The van der Waals surface area contributed by atoms with Gasteiger partial charge in [-0.1, -0.05) is 25.6 Å². The van der Waals surface area contributed by atoms with E-state index in [2.05, 4.69) is 20.8 Å². The molecule has 9 heteroatoms. The van der Waals surface area contributed by atoms with Gasteiger partial charge in [-0.15, -0.1) is 10.2 Å². The van der Waals surface area contributed by atoms with Crippen molar-refractivity contribution < 1.29 is 14.0 Å². The topological polar surface area (TPSA) is 102 Å². The van der Waals surface area contributed by atoms with Crippen LogP contribution in [0.25, 0.3) is 11.4 Å². The highest BCUT2D eigenvalue weighted by molar-refractivity contribution is 7.99. The third kappa shape index (κ3) is 5.09. The minimum Gasteiger partial charge on any atom is -0.469 e. The van der Waals surface area contributed by atoms with Crippen molar-refractivity contribution in [3.05, 3.63) is 18.1 Å². The highest BCUT2D eigenvalue weighted by Gasteiger charge is 2.17. The number of amides is 3. The fourth-order valence-corrected chi connectivity index (χ4v) is 2.93. The molecule has 3 amide bonds. The van der Waals surface area contributed by atoms with Crippen LogP contribution >= 0.6 is 11.8 Å². The van der Waals surface area contributed by atoms with Crippen LogP contribution in [-0.2, 0) is 11.3 Å². The summed E-state index contributed by atoms with van der Waals surface area (Å²) in [4.78, 5) is 23.5. The molecule has 0 fully saturated rings. The van der Waals surface area contributed by atoms with Crippen LogP contribution in [-0.4, -0.2) is 39.0 Å². The highest BCUT2D eigenvalue weighted by Crippen LogP contribution is 2.26. The van der Waals surface area contributed by atoms with E-state index in [1.807, 2.05) is 38.3 Å². The predicted molar refractivity (Wildman–Crippen MR) is 95.2 cm³/mol. The zero-order valence-corrected chi connectivity index (χ0v) is 15.6. The average molecular weight is 365 g/mol. The third-order valence-corrected chi connectivity index (χ3v) is 4.36. The highest BCUT2D eigenvalue weighted by atomic mass is 32.2. The summed E-state index contributed by atoms with van der Waals surface area (Å²) in [7, 11) is 0. The van der Waals surface area contributed by atoms with Crippen LogP contribution < -0.4 is 10.6 Å². The van der Waals surface area contributed by atoms with Gasteiger partial charge in [-0.05, 0) is 25.8 Å². The fourth-order valence-electron chi connectivity index (χ4n) is 2.13. The smallest absolute Gasteiger partial charge is 0.321 e. The first kappa shape index (κ1) is 19.0. The number of rotatable bonds is 7. The largest absolute Gasteiger partial charge is 0.469 e. The van der Waals surface area contributed by atoms with Crippen LogP contribution in [0.4, 0.5) is 4.79 Å². The number of urea groups is 1. The first-order valence-electron chi connectivity index (χ1n) is 8.10. The van der Waals surface area contributed by atoms with E-state index in [9.17, 15) is 9.59 Å². The zero-order chi connectivity index (χ0) is 18.4. The molecular formula is C16H23N5O3S. The van der Waals surface area contributed by atoms with Gasteiger partial charge in [-0.25, -0.2) is 4.79 Å². The van der Waals surface area contributed by atoms with Crippen molar-refractivity contribution in [2.75, 3.05) is 12.3 Å². The van der Waals surface area contributed by atoms with E-state index >= 15 is 0 Å². The van der Waals surface area contributed by atoms with E-state index in [0.29, 0.717) is 30.0 Å². The second kappa shape index (κ2) is 8.70. The molecule has 0 spiro atoms. The predicted octanol–water partition coefficient (Wildman–Crippen LogP) is 2.44. The van der Waals surface area contributed by atoms with E-state index in [1.54, 1.807) is 6.26 Å². The van der Waals surface area contributed by atoms with Crippen molar-refractivity contribution in [1.82, 2.24) is 25.4 Å². The second-order valence-electron chi connectivity index (χ2n) is 5.88. The van der Waals surface area contributed by atoms with Gasteiger partial charge in [0.15, 0.2) is 11.0 Å². The maximum Gasteiger partial charge on any atom is 0.321 e. The van der Waals surface area contributed by atoms with Crippen molar-refractivity contribution in [2.24, 2.45) is 5.92 Å². The maximum atomic E-state index is 11.9. The lowest BCUT2D eigenvalue weighted by atomic mass is 10.2. The van der Waals surface area contributed by atoms with Gasteiger partial charge in [0.25, 0.3) is 0 Å². The summed E-state index contributed by atoms with van der Waals surface area (Å²) >= 11 is 1.24. The number of hydrogen-bond donors (Lipinski definition) is 2. The molecule has 0 aliphatic carbocycles. The molecule has 0 aliphatic heterocycles. The summed E-state index contributed by atoms with van der Waals surface area (Å²) < 4.78 is 7.22. The van der Waals surface area contributed by atoms with Crippen LogP contribution in [0.3, 0.4) is 0 Å². The summed E-state index contributed by atoms with van der Waals surface area (Å²) in [6, 6.07) is 1.36. The number of carbonyl (C=O) groups excluding carboxylic acids is 2. The minimum atomic E-state index is -0.481. The standard InChI is InChI=1S/C16H23N5O3S/c1-5-21-14(12-6-7-24-11(12)4)19-20-16(21)25-9-13(22)18-15(23)17-8-10(2)3/h6-7,10H,5,8-9H2,1-4H3,(H2,17,18,22,23). The lowest BCUT2D eigenvalue weighted by Crippen LogP contribution is -2.41. The molecule has 2 aromatic heterocycles. The van der Waals surface area contributed by atoms with Gasteiger partial charge in [0.2, 0.25) is 5.91 Å². The molecule has 0 atom stereocenters. The molecule has 2 N–H and O–H groups in total. The van der Waals surface area contributed by atoms with E-state index in [4.69, 9.17) is 4.42 Å². The lowest BCUT2D eigenvalue weighted by Gasteiger charge is -2.09. The van der Waals surface area contributed by atoms with Gasteiger partial charge in [0.05, 0.1) is 17.6 Å². The summed E-state index contributed by atoms with van der Waals surface area (Å²) in [5.41, 5.74) is 0.874. The SMILES string of the molecule is CCn1c(SCC(=O)NC(=O)NCC(C)C)nnc1-c1ccoc1C. The van der Waals surface area contributed by atoms with Crippen LogP contribution in [0, 0.1) is 12.8 Å². The Morgan fingerprint density at radius 1 is 1.36 bits per heavy atom. The number of aryl methyl sites for hydroxylation is 1. The van der Waals surface area contributed by atoms with E-state index in [-0.39, 0.29) is 11.7 Å². The Kier molecular flexibility index (Phi) is 6.63. The van der Waals surface area contributed by atoms with Crippen LogP contribution in [0.15, 0.2) is 21.9 Å². The van der Waals surface area contributed by atoms with Crippen LogP contribution in [0.1, 0.15) is 26.5 Å². The molecule has 2 aromatic rings. The molecule has 2 heterocycles. The molecule has 0 aromatic carbocycles. The molecule has 0 saturated carbocycles. The normalized spacial score (nSPS) is 10.9. The Morgan fingerprint density at radius 3 is 2.72 bits per heavy atom. The third-order valence-electron chi connectivity index (χ3n) is 3.39. The Hall–Kier alpha value is -2.29. The van der Waals surface area contributed by atoms with Gasteiger partial charge < -0.3 is 14.3 Å². The average Bonchev–Trinajstić information content (AvgIpc) is 3.16. The van der Waals surface area contributed by atoms with Gasteiger partial charge in [-0.2, -0.15) is 0 Å². The number of furan rings is 1. The molecule has 0 unspecified atom stereocenters. The molecule has 0 saturated heterocycles. The maximum absolute atomic E-state index is 11.9. The van der Waals surface area contributed by atoms with Crippen molar-refractivity contribution in [2.45, 2.75) is 39.4 Å². The molecular weight excluding hydrogens is 342 g/mol. The molecule has 0 radical (unpaired) electrons. The van der Waals surface area contributed by atoms with Crippen LogP contribution in [0.5, 0.6) is 0 Å². The van der Waals surface area contributed by atoms with Crippen molar-refractivity contribution in [1.29, 1.82) is 0 Å². The number of nitrogens with zero attached hydrogens (tertiary/aromatic N) is 3. The summed E-state index contributed by atoms with van der Waals surface area (Å²) in [6.07, 6.45) is 1.61. The Bertz CT molecular complexity index is 738. The first-order chi connectivity index (χ1) is 11.9. The van der Waals surface area contributed by atoms with Crippen molar-refractivity contribution >= 4 is 23.7 Å². The van der Waals surface area contributed by atoms with Gasteiger partial charge >= 0.3 is 6.03 Å². The number of carbonyl (C=O) groups is 2. The zero-order valence-electron chi connectivity index (χ0n) is 14.8. The van der Waals surface area contributed by atoms with E-state index in [0.717, 1.165) is 11.3 Å². The quantitative estimate of drug-likeness (QED) is 0.731. The summed E-state index contributed by atoms with van der Waals surface area (Å²) in [6.45, 7) is 8.98. The van der Waals surface area contributed by atoms with Crippen molar-refractivity contribution in [3.63, 3.8) is 0 Å². The molecule has 0 aliphatic rings. The summed E-state index contributed by atoms with van der Waals surface area (Å²) in [5, 5.41) is 13.9. The van der Waals surface area contributed by atoms with Crippen LogP contribution in [0.2, 0.25) is 0 Å². The van der Waals surface area contributed by atoms with Gasteiger partial charge in [0, 0.05) is 13.1 Å². The molecule has 136 valence electrons. The number of nitrogens with one attached hydrogen (secondary N) is 2. The molecule has 0 bridgehead atoms. The van der Waals surface area contributed by atoms with Gasteiger partial charge in [0.1, 0.15) is 5.76 Å². The lowest BCUT2D eigenvalue weighted by molar-refractivity contribution is -0.117. The number of imide groups is 1. The Labute approximate surface area is 150 Å². The van der Waals surface area contributed by atoms with E-state index in [1.165, 1.54) is 11.8 Å². The van der Waals surface area contributed by atoms with Crippen molar-refractivity contribution in [3.8, 4) is 11.4 Å². The molecule has 25 heavy (non-hydrogen) atoms. The second-order valence-corrected chi connectivity index (χ2v) is 6.82. The molecule has 8 nitrogen and oxygen atoms in total.